The average molecular weight is 551 g/mol. The Kier molecular flexibility index (Phi) is 9.92. The Balaban J connectivity index is 0.00000450. The molecule has 0 fully saturated rings. The summed E-state index contributed by atoms with van der Waals surface area (Å²) >= 11 is 0. The van der Waals surface area contributed by atoms with Gasteiger partial charge in [-0.2, -0.15) is 0 Å². The highest BCUT2D eigenvalue weighted by Crippen LogP contribution is 2.27. The van der Waals surface area contributed by atoms with E-state index in [4.69, 9.17) is 0 Å². The van der Waals surface area contributed by atoms with Gasteiger partial charge < -0.3 is 16.0 Å². The molecule has 30 heavy (non-hydrogen) atoms. The lowest BCUT2D eigenvalue weighted by molar-refractivity contribution is -0.384. The van der Waals surface area contributed by atoms with Gasteiger partial charge in [0, 0.05) is 39.0 Å². The fraction of sp³-hybridized carbons (Fsp3) is 0.278. The minimum Gasteiger partial charge on any atom is -0.378 e. The van der Waals surface area contributed by atoms with Crippen LogP contribution >= 0.6 is 24.0 Å². The molecule has 0 saturated carbocycles. The van der Waals surface area contributed by atoms with Crippen LogP contribution in [0.3, 0.4) is 0 Å². The smallest absolute Gasteiger partial charge is 0.293 e. The first-order valence-electron chi connectivity index (χ1n) is 8.62. The summed E-state index contributed by atoms with van der Waals surface area (Å²) in [6.07, 6.45) is 0.992. The summed E-state index contributed by atoms with van der Waals surface area (Å²) in [5.74, 6) is 0.165. The summed E-state index contributed by atoms with van der Waals surface area (Å²) in [6.45, 7) is 1.08. The topological polar surface area (TPSA) is 126 Å². The van der Waals surface area contributed by atoms with E-state index in [0.717, 1.165) is 17.9 Å². The minimum absolute atomic E-state index is 0. The molecule has 0 aromatic heterocycles. The van der Waals surface area contributed by atoms with Gasteiger partial charge in [-0.25, -0.2) is 12.8 Å². The Morgan fingerprint density at radius 2 is 1.90 bits per heavy atom. The van der Waals surface area contributed by atoms with Crippen molar-refractivity contribution in [3.8, 4) is 0 Å². The molecule has 2 rings (SSSR count). The normalized spacial score (nSPS) is 11.4. The maximum atomic E-state index is 13.2. The average Bonchev–Trinajstić information content (AvgIpc) is 2.66. The van der Waals surface area contributed by atoms with E-state index in [0.29, 0.717) is 25.6 Å². The predicted octanol–water partition coefficient (Wildman–Crippen LogP) is 2.53. The lowest BCUT2D eigenvalue weighted by atomic mass is 10.2. The molecule has 0 aliphatic carbocycles. The fourth-order valence-corrected chi connectivity index (χ4v) is 3.11. The first kappa shape index (κ1) is 25.6. The number of sulfone groups is 1. The number of hydrogen-bond donors (Lipinski definition) is 3. The molecule has 0 unspecified atom stereocenters. The lowest BCUT2D eigenvalue weighted by Gasteiger charge is -2.13. The molecule has 0 radical (unpaired) electrons. The molecule has 0 atom stereocenters. The monoisotopic (exact) mass is 551 g/mol. The second-order valence-corrected chi connectivity index (χ2v) is 8.13. The SMILES string of the molecule is CN=C(NCCNc1ccc(S(C)(=O)=O)cc1[N+](=O)[O-])NCc1cccc(F)c1.I. The number of hydrogen-bond acceptors (Lipinski definition) is 6. The Morgan fingerprint density at radius 1 is 1.17 bits per heavy atom. The van der Waals surface area contributed by atoms with Crippen LogP contribution in [0.2, 0.25) is 0 Å². The molecule has 9 nitrogen and oxygen atoms in total. The number of guanidine groups is 1. The highest BCUT2D eigenvalue weighted by Gasteiger charge is 2.18. The summed E-state index contributed by atoms with van der Waals surface area (Å²) < 4.78 is 36.4. The number of rotatable bonds is 8. The number of nitro groups is 1. The van der Waals surface area contributed by atoms with Crippen molar-refractivity contribution in [1.82, 2.24) is 10.6 Å². The number of benzene rings is 2. The number of nitrogens with one attached hydrogen (secondary N) is 3. The van der Waals surface area contributed by atoms with Crippen molar-refractivity contribution in [3.63, 3.8) is 0 Å². The summed E-state index contributed by atoms with van der Waals surface area (Å²) in [4.78, 5) is 14.5. The third-order valence-corrected chi connectivity index (χ3v) is 5.01. The van der Waals surface area contributed by atoms with Crippen LogP contribution in [-0.4, -0.2) is 45.7 Å². The van der Waals surface area contributed by atoms with E-state index >= 15 is 0 Å². The van der Waals surface area contributed by atoms with Crippen molar-refractivity contribution >= 4 is 51.1 Å². The third-order valence-electron chi connectivity index (χ3n) is 3.90. The van der Waals surface area contributed by atoms with Gasteiger partial charge in [-0.05, 0) is 29.8 Å². The summed E-state index contributed by atoms with van der Waals surface area (Å²) in [5, 5.41) is 20.2. The zero-order valence-electron chi connectivity index (χ0n) is 16.4. The molecule has 3 N–H and O–H groups in total. The van der Waals surface area contributed by atoms with Crippen LogP contribution in [-0.2, 0) is 16.4 Å². The molecule has 2 aromatic rings. The van der Waals surface area contributed by atoms with E-state index in [2.05, 4.69) is 20.9 Å². The molecule has 164 valence electrons. The van der Waals surface area contributed by atoms with Gasteiger partial charge in [-0.15, -0.1) is 24.0 Å². The number of anilines is 1. The predicted molar refractivity (Wildman–Crippen MR) is 125 cm³/mol. The van der Waals surface area contributed by atoms with Crippen LogP contribution < -0.4 is 16.0 Å². The number of nitrogens with zero attached hydrogens (tertiary/aromatic N) is 2. The number of aliphatic imine (C=N–C) groups is 1. The van der Waals surface area contributed by atoms with Crippen molar-refractivity contribution in [3.05, 3.63) is 64.0 Å². The second-order valence-electron chi connectivity index (χ2n) is 6.12. The van der Waals surface area contributed by atoms with Gasteiger partial charge in [0.15, 0.2) is 15.8 Å². The van der Waals surface area contributed by atoms with E-state index in [1.807, 2.05) is 0 Å². The maximum absolute atomic E-state index is 13.2. The minimum atomic E-state index is -3.54. The molecular formula is C18H23FIN5O4S. The van der Waals surface area contributed by atoms with Gasteiger partial charge in [0.1, 0.15) is 11.5 Å². The van der Waals surface area contributed by atoms with Gasteiger partial charge in [0.2, 0.25) is 0 Å². The number of halogens is 2. The van der Waals surface area contributed by atoms with Crippen LogP contribution in [0.25, 0.3) is 0 Å². The van der Waals surface area contributed by atoms with E-state index in [-0.39, 0.29) is 46.1 Å². The van der Waals surface area contributed by atoms with Crippen molar-refractivity contribution in [2.75, 3.05) is 31.7 Å². The van der Waals surface area contributed by atoms with E-state index < -0.39 is 14.8 Å². The molecule has 0 heterocycles. The van der Waals surface area contributed by atoms with Crippen molar-refractivity contribution in [1.29, 1.82) is 0 Å². The Hall–Kier alpha value is -2.48. The Bertz CT molecular complexity index is 1020. The summed E-state index contributed by atoms with van der Waals surface area (Å²) in [5.41, 5.74) is 0.654. The van der Waals surface area contributed by atoms with E-state index in [9.17, 15) is 22.9 Å². The Morgan fingerprint density at radius 3 is 2.50 bits per heavy atom. The molecule has 0 spiro atoms. The van der Waals surface area contributed by atoms with Gasteiger partial charge >= 0.3 is 0 Å². The number of nitro benzene ring substituents is 1. The molecule has 0 bridgehead atoms. The standard InChI is InChI=1S/C18H22FN5O4S.HI/c1-20-18(23-12-13-4-3-5-14(19)10-13)22-9-8-21-16-7-6-15(29(2,27)28)11-17(16)24(25)26;/h3-7,10-11,21H,8-9,12H2,1-2H3,(H2,20,22,23);1H. The maximum Gasteiger partial charge on any atom is 0.293 e. The first-order valence-corrected chi connectivity index (χ1v) is 10.5. The van der Waals surface area contributed by atoms with Crippen molar-refractivity contribution in [2.45, 2.75) is 11.4 Å². The van der Waals surface area contributed by atoms with Crippen LogP contribution in [0.5, 0.6) is 0 Å². The second kappa shape index (κ2) is 11.6. The summed E-state index contributed by atoms with van der Waals surface area (Å²) in [6, 6.07) is 9.90. The molecule has 2 aromatic carbocycles. The van der Waals surface area contributed by atoms with Gasteiger partial charge in [-0.1, -0.05) is 12.1 Å². The van der Waals surface area contributed by atoms with Gasteiger partial charge in [-0.3, -0.25) is 15.1 Å². The van der Waals surface area contributed by atoms with E-state index in [1.54, 1.807) is 19.2 Å². The lowest BCUT2D eigenvalue weighted by Crippen LogP contribution is -2.39. The van der Waals surface area contributed by atoms with E-state index in [1.165, 1.54) is 24.3 Å². The molecule has 0 aliphatic heterocycles. The zero-order valence-corrected chi connectivity index (χ0v) is 19.5. The van der Waals surface area contributed by atoms with Crippen LogP contribution in [0.15, 0.2) is 52.4 Å². The van der Waals surface area contributed by atoms with Gasteiger partial charge in [0.25, 0.3) is 5.69 Å². The zero-order chi connectivity index (χ0) is 21.4. The van der Waals surface area contributed by atoms with Crippen LogP contribution in [0.1, 0.15) is 5.56 Å². The summed E-state index contributed by atoms with van der Waals surface area (Å²) in [7, 11) is -1.95. The van der Waals surface area contributed by atoms with Crippen molar-refractivity contribution < 1.29 is 17.7 Å². The van der Waals surface area contributed by atoms with Crippen molar-refractivity contribution in [2.24, 2.45) is 4.99 Å². The largest absolute Gasteiger partial charge is 0.378 e. The molecule has 0 saturated heterocycles. The third kappa shape index (κ3) is 7.74. The molecule has 0 aliphatic rings. The van der Waals surface area contributed by atoms with Crippen LogP contribution in [0, 0.1) is 15.9 Å². The Labute approximate surface area is 191 Å². The fourth-order valence-electron chi connectivity index (χ4n) is 2.47. The van der Waals surface area contributed by atoms with Crippen LogP contribution in [0.4, 0.5) is 15.8 Å². The van der Waals surface area contributed by atoms with Gasteiger partial charge in [0.05, 0.1) is 9.82 Å². The highest BCUT2D eigenvalue weighted by atomic mass is 127. The first-order chi connectivity index (χ1) is 13.7. The quantitative estimate of drug-likeness (QED) is 0.115. The highest BCUT2D eigenvalue weighted by molar-refractivity contribution is 14.0. The molecule has 12 heteroatoms. The molecular weight excluding hydrogens is 528 g/mol. The molecule has 0 amide bonds.